The fourth-order valence-electron chi connectivity index (χ4n) is 2.52. The fourth-order valence-corrected chi connectivity index (χ4v) is 2.52. The third-order valence-electron chi connectivity index (χ3n) is 4.19. The quantitative estimate of drug-likeness (QED) is 0.824. The van der Waals surface area contributed by atoms with Crippen LogP contribution in [0, 0.1) is 5.41 Å². The Morgan fingerprint density at radius 1 is 1.39 bits per heavy atom. The molecule has 1 aliphatic rings. The molecule has 0 spiro atoms. The molecule has 0 unspecified atom stereocenters. The molecule has 4 heteroatoms. The third kappa shape index (κ3) is 3.45. The maximum atomic E-state index is 12.3. The molecule has 1 fully saturated rings. The third-order valence-corrected chi connectivity index (χ3v) is 4.19. The highest BCUT2D eigenvalue weighted by Gasteiger charge is 2.33. The fraction of sp³-hybridized carbons (Fsp3) is 0.929. The lowest BCUT2D eigenvalue weighted by Crippen LogP contribution is -2.51. The van der Waals surface area contributed by atoms with Crippen LogP contribution in [0.1, 0.15) is 40.5 Å². The number of carbonyl (C=O) groups is 1. The number of hydrogen-bond acceptors (Lipinski definition) is 3. The van der Waals surface area contributed by atoms with Gasteiger partial charge < -0.3 is 15.5 Å². The van der Waals surface area contributed by atoms with Crippen molar-refractivity contribution in [2.75, 3.05) is 26.7 Å². The Kier molecular flexibility index (Phi) is 5.17. The van der Waals surface area contributed by atoms with Gasteiger partial charge in [-0.15, -0.1) is 0 Å². The van der Waals surface area contributed by atoms with E-state index in [1.54, 1.807) is 0 Å². The van der Waals surface area contributed by atoms with Gasteiger partial charge in [0.15, 0.2) is 0 Å². The minimum Gasteiger partial charge on any atom is -0.342 e. The van der Waals surface area contributed by atoms with Gasteiger partial charge in [0.25, 0.3) is 0 Å². The second-order valence-electron chi connectivity index (χ2n) is 6.36. The van der Waals surface area contributed by atoms with Crippen molar-refractivity contribution in [1.82, 2.24) is 9.80 Å². The summed E-state index contributed by atoms with van der Waals surface area (Å²) in [5.41, 5.74) is 5.24. The van der Waals surface area contributed by atoms with E-state index < -0.39 is 5.41 Å². The lowest BCUT2D eigenvalue weighted by molar-refractivity contribution is -0.141. The highest BCUT2D eigenvalue weighted by atomic mass is 16.2. The van der Waals surface area contributed by atoms with E-state index in [9.17, 15) is 4.79 Å². The predicted molar refractivity (Wildman–Crippen MR) is 75.3 cm³/mol. The standard InChI is InChI=1S/C14H29N3O/c1-11(2)17-8-6-12(7-9-17)16(5)13(18)14(3,4)10-15/h11-12H,6-10,15H2,1-5H3. The summed E-state index contributed by atoms with van der Waals surface area (Å²) in [5, 5.41) is 0. The van der Waals surface area contributed by atoms with E-state index in [2.05, 4.69) is 18.7 Å². The average Bonchev–Trinajstić information content (AvgIpc) is 2.37. The van der Waals surface area contributed by atoms with E-state index in [-0.39, 0.29) is 5.91 Å². The molecule has 106 valence electrons. The van der Waals surface area contributed by atoms with Crippen LogP contribution >= 0.6 is 0 Å². The van der Waals surface area contributed by atoms with E-state index >= 15 is 0 Å². The van der Waals surface area contributed by atoms with Gasteiger partial charge in [0.05, 0.1) is 5.41 Å². The van der Waals surface area contributed by atoms with Crippen LogP contribution in [0.5, 0.6) is 0 Å². The SMILES string of the molecule is CC(C)N1CCC(N(C)C(=O)C(C)(C)CN)CC1. The molecule has 1 amide bonds. The highest BCUT2D eigenvalue weighted by molar-refractivity contribution is 5.82. The number of piperidine rings is 1. The molecule has 0 aromatic rings. The van der Waals surface area contributed by atoms with Gasteiger partial charge in [-0.2, -0.15) is 0 Å². The number of nitrogens with two attached hydrogens (primary N) is 1. The molecule has 0 aromatic heterocycles. The Balaban J connectivity index is 2.55. The maximum Gasteiger partial charge on any atom is 0.229 e. The summed E-state index contributed by atoms with van der Waals surface area (Å²) in [6.07, 6.45) is 2.14. The van der Waals surface area contributed by atoms with Crippen molar-refractivity contribution in [2.45, 2.75) is 52.6 Å². The van der Waals surface area contributed by atoms with Gasteiger partial charge in [-0.3, -0.25) is 4.79 Å². The first-order valence-corrected chi connectivity index (χ1v) is 7.01. The molecule has 0 saturated carbocycles. The Hall–Kier alpha value is -0.610. The normalized spacial score (nSPS) is 19.3. The van der Waals surface area contributed by atoms with Crippen LogP contribution in [0.25, 0.3) is 0 Å². The van der Waals surface area contributed by atoms with Crippen LogP contribution in [-0.2, 0) is 4.79 Å². The number of hydrogen-bond donors (Lipinski definition) is 1. The summed E-state index contributed by atoms with van der Waals surface area (Å²) in [6, 6.07) is 0.978. The van der Waals surface area contributed by atoms with Crippen LogP contribution in [0.15, 0.2) is 0 Å². The van der Waals surface area contributed by atoms with Crippen molar-refractivity contribution < 1.29 is 4.79 Å². The van der Waals surface area contributed by atoms with Crippen LogP contribution in [0.2, 0.25) is 0 Å². The minimum absolute atomic E-state index is 0.174. The summed E-state index contributed by atoms with van der Waals surface area (Å²) < 4.78 is 0. The second kappa shape index (κ2) is 6.02. The van der Waals surface area contributed by atoms with Crippen LogP contribution in [0.4, 0.5) is 0 Å². The zero-order valence-electron chi connectivity index (χ0n) is 12.6. The van der Waals surface area contributed by atoms with Crippen molar-refractivity contribution in [3.8, 4) is 0 Å². The predicted octanol–water partition coefficient (Wildman–Crippen LogP) is 1.30. The molecule has 0 aromatic carbocycles. The van der Waals surface area contributed by atoms with Gasteiger partial charge in [0.1, 0.15) is 0 Å². The van der Waals surface area contributed by atoms with Gasteiger partial charge in [-0.05, 0) is 40.5 Å². The van der Waals surface area contributed by atoms with Gasteiger partial charge in [0, 0.05) is 38.8 Å². The van der Waals surface area contributed by atoms with E-state index in [1.807, 2.05) is 25.8 Å². The molecular weight excluding hydrogens is 226 g/mol. The molecule has 2 N–H and O–H groups in total. The number of nitrogens with zero attached hydrogens (tertiary/aromatic N) is 2. The first kappa shape index (κ1) is 15.4. The van der Waals surface area contributed by atoms with Crippen LogP contribution in [-0.4, -0.2) is 54.5 Å². The smallest absolute Gasteiger partial charge is 0.229 e. The van der Waals surface area contributed by atoms with Gasteiger partial charge in [-0.25, -0.2) is 0 Å². The number of rotatable bonds is 4. The average molecular weight is 255 g/mol. The van der Waals surface area contributed by atoms with E-state index in [0.717, 1.165) is 25.9 Å². The molecule has 0 atom stereocenters. The monoisotopic (exact) mass is 255 g/mol. The van der Waals surface area contributed by atoms with Crippen LogP contribution in [0.3, 0.4) is 0 Å². The molecule has 1 saturated heterocycles. The Bertz CT molecular complexity index is 281. The summed E-state index contributed by atoms with van der Waals surface area (Å²) in [5.74, 6) is 0.174. The minimum atomic E-state index is -0.441. The molecule has 0 radical (unpaired) electrons. The van der Waals surface area contributed by atoms with Gasteiger partial charge in [-0.1, -0.05) is 0 Å². The molecule has 0 aliphatic carbocycles. The largest absolute Gasteiger partial charge is 0.342 e. The second-order valence-corrected chi connectivity index (χ2v) is 6.36. The lowest BCUT2D eigenvalue weighted by Gasteiger charge is -2.40. The first-order chi connectivity index (χ1) is 8.29. The zero-order chi connectivity index (χ0) is 13.9. The zero-order valence-corrected chi connectivity index (χ0v) is 12.6. The molecule has 18 heavy (non-hydrogen) atoms. The Morgan fingerprint density at radius 3 is 2.28 bits per heavy atom. The molecule has 0 bridgehead atoms. The van der Waals surface area contributed by atoms with E-state index in [4.69, 9.17) is 5.73 Å². The molecule has 1 aliphatic heterocycles. The summed E-state index contributed by atoms with van der Waals surface area (Å²) in [6.45, 7) is 10.9. The van der Waals surface area contributed by atoms with Gasteiger partial charge >= 0.3 is 0 Å². The molecule has 4 nitrogen and oxygen atoms in total. The van der Waals surface area contributed by atoms with Crippen molar-refractivity contribution in [2.24, 2.45) is 11.1 Å². The summed E-state index contributed by atoms with van der Waals surface area (Å²) in [7, 11) is 1.93. The van der Waals surface area contributed by atoms with Crippen molar-refractivity contribution in [3.63, 3.8) is 0 Å². The topological polar surface area (TPSA) is 49.6 Å². The van der Waals surface area contributed by atoms with E-state index in [0.29, 0.717) is 18.6 Å². The Morgan fingerprint density at radius 2 is 1.89 bits per heavy atom. The summed E-state index contributed by atoms with van der Waals surface area (Å²) >= 11 is 0. The highest BCUT2D eigenvalue weighted by Crippen LogP contribution is 2.23. The van der Waals surface area contributed by atoms with Crippen molar-refractivity contribution in [3.05, 3.63) is 0 Å². The summed E-state index contributed by atoms with van der Waals surface area (Å²) in [4.78, 5) is 16.7. The number of amides is 1. The van der Waals surface area contributed by atoms with E-state index in [1.165, 1.54) is 0 Å². The lowest BCUT2D eigenvalue weighted by atomic mass is 9.90. The van der Waals surface area contributed by atoms with Crippen LogP contribution < -0.4 is 5.73 Å². The number of carbonyl (C=O) groups excluding carboxylic acids is 1. The Labute approximate surface area is 111 Å². The van der Waals surface area contributed by atoms with Crippen molar-refractivity contribution in [1.29, 1.82) is 0 Å². The molecule has 1 rings (SSSR count). The van der Waals surface area contributed by atoms with Crippen molar-refractivity contribution >= 4 is 5.91 Å². The molecule has 1 heterocycles. The maximum absolute atomic E-state index is 12.3. The molecular formula is C14H29N3O. The number of likely N-dealkylation sites (tertiary alicyclic amines) is 1. The van der Waals surface area contributed by atoms with Gasteiger partial charge in [0.2, 0.25) is 5.91 Å². The first-order valence-electron chi connectivity index (χ1n) is 7.01.